The van der Waals surface area contributed by atoms with Gasteiger partial charge in [0.2, 0.25) is 0 Å². The molecule has 4 heteroatoms. The van der Waals surface area contributed by atoms with Gasteiger partial charge in [-0.3, -0.25) is 4.98 Å². The number of hydrogen-bond acceptors (Lipinski definition) is 3. The first kappa shape index (κ1) is 7.70. The van der Waals surface area contributed by atoms with Crippen LogP contribution in [0.4, 0.5) is 0 Å². The van der Waals surface area contributed by atoms with Gasteiger partial charge in [-0.15, -0.1) is 11.3 Å². The number of nitrogens with zero attached hydrogens (tertiary/aromatic N) is 3. The van der Waals surface area contributed by atoms with Gasteiger partial charge in [0.15, 0.2) is 0 Å². The molecule has 0 N–H and O–H groups in total. The summed E-state index contributed by atoms with van der Waals surface area (Å²) in [7, 11) is 0. The van der Waals surface area contributed by atoms with E-state index < -0.39 is 0 Å². The van der Waals surface area contributed by atoms with Crippen LogP contribution in [0.5, 0.6) is 0 Å². The Labute approximate surface area is 84.6 Å². The van der Waals surface area contributed by atoms with Crippen LogP contribution in [0.1, 0.15) is 0 Å². The van der Waals surface area contributed by atoms with E-state index in [2.05, 4.69) is 10.1 Å². The summed E-state index contributed by atoms with van der Waals surface area (Å²) in [6.07, 6.45) is 5.59. The second-order valence-corrected chi connectivity index (χ2v) is 3.90. The fourth-order valence-electron chi connectivity index (χ4n) is 1.37. The molecule has 0 aliphatic heterocycles. The van der Waals surface area contributed by atoms with Crippen molar-refractivity contribution < 1.29 is 0 Å². The fourth-order valence-corrected chi connectivity index (χ4v) is 2.10. The Morgan fingerprint density at radius 3 is 3.07 bits per heavy atom. The van der Waals surface area contributed by atoms with Crippen LogP contribution >= 0.6 is 11.3 Å². The molecule has 3 heterocycles. The van der Waals surface area contributed by atoms with Crippen molar-refractivity contribution in [2.75, 3.05) is 0 Å². The zero-order chi connectivity index (χ0) is 9.38. The maximum absolute atomic E-state index is 4.43. The fraction of sp³-hybridized carbons (Fsp3) is 0. The number of rotatable bonds is 1. The van der Waals surface area contributed by atoms with Crippen LogP contribution in [0.2, 0.25) is 0 Å². The Hall–Kier alpha value is -1.68. The molecule has 0 unspecified atom stereocenters. The van der Waals surface area contributed by atoms with Crippen molar-refractivity contribution in [1.29, 1.82) is 0 Å². The van der Waals surface area contributed by atoms with E-state index in [-0.39, 0.29) is 0 Å². The summed E-state index contributed by atoms with van der Waals surface area (Å²) in [6, 6.07) is 5.92. The molecule has 0 saturated carbocycles. The molecule has 0 amide bonds. The molecule has 3 aromatic heterocycles. The van der Waals surface area contributed by atoms with Crippen molar-refractivity contribution in [3.8, 4) is 5.69 Å². The summed E-state index contributed by atoms with van der Waals surface area (Å²) in [6.45, 7) is 0. The molecule has 0 radical (unpaired) electrons. The summed E-state index contributed by atoms with van der Waals surface area (Å²) >= 11 is 1.70. The van der Waals surface area contributed by atoms with Crippen molar-refractivity contribution in [2.45, 2.75) is 0 Å². The lowest BCUT2D eigenvalue weighted by molar-refractivity contribution is 0.889. The van der Waals surface area contributed by atoms with E-state index in [1.54, 1.807) is 23.7 Å². The predicted molar refractivity (Wildman–Crippen MR) is 56.7 cm³/mol. The van der Waals surface area contributed by atoms with Crippen molar-refractivity contribution in [3.63, 3.8) is 0 Å². The van der Waals surface area contributed by atoms with Crippen LogP contribution < -0.4 is 0 Å². The van der Waals surface area contributed by atoms with Crippen molar-refractivity contribution in [2.24, 2.45) is 0 Å². The van der Waals surface area contributed by atoms with Gasteiger partial charge in [0.25, 0.3) is 0 Å². The first-order valence-corrected chi connectivity index (χ1v) is 5.15. The van der Waals surface area contributed by atoms with Gasteiger partial charge in [-0.05, 0) is 23.6 Å². The summed E-state index contributed by atoms with van der Waals surface area (Å²) in [5.41, 5.74) is 2.04. The minimum absolute atomic E-state index is 0.996. The summed E-state index contributed by atoms with van der Waals surface area (Å²) in [4.78, 5) is 4.06. The van der Waals surface area contributed by atoms with Crippen molar-refractivity contribution in [3.05, 3.63) is 42.2 Å². The lowest BCUT2D eigenvalue weighted by Gasteiger charge is -1.97. The minimum atomic E-state index is 0.996. The van der Waals surface area contributed by atoms with Crippen molar-refractivity contribution in [1.82, 2.24) is 14.8 Å². The number of pyridine rings is 1. The van der Waals surface area contributed by atoms with Gasteiger partial charge in [0, 0.05) is 12.4 Å². The lowest BCUT2D eigenvalue weighted by Crippen LogP contribution is -1.93. The molecular weight excluding hydrogens is 194 g/mol. The SMILES string of the molecule is c1cncc(-n2cc3sccc3n2)c1. The molecule has 3 aromatic rings. The van der Waals surface area contributed by atoms with Gasteiger partial charge in [-0.2, -0.15) is 5.10 Å². The molecule has 0 spiro atoms. The second-order valence-electron chi connectivity index (χ2n) is 2.95. The van der Waals surface area contributed by atoms with Gasteiger partial charge in [0.1, 0.15) is 5.52 Å². The topological polar surface area (TPSA) is 30.7 Å². The number of hydrogen-bond donors (Lipinski definition) is 0. The highest BCUT2D eigenvalue weighted by Crippen LogP contribution is 2.20. The molecule has 0 aromatic carbocycles. The zero-order valence-electron chi connectivity index (χ0n) is 7.29. The Bertz CT molecular complexity index is 524. The Kier molecular flexibility index (Phi) is 1.61. The summed E-state index contributed by atoms with van der Waals surface area (Å²) in [5.74, 6) is 0. The highest BCUT2D eigenvalue weighted by Gasteiger charge is 2.02. The molecule has 0 atom stereocenters. The molecule has 3 rings (SSSR count). The van der Waals surface area contributed by atoms with E-state index in [1.165, 1.54) is 4.70 Å². The molecule has 0 fully saturated rings. The summed E-state index contributed by atoms with van der Waals surface area (Å²) < 4.78 is 3.06. The molecule has 0 aliphatic carbocycles. The Morgan fingerprint density at radius 2 is 2.29 bits per heavy atom. The van der Waals surface area contributed by atoms with E-state index in [0.717, 1.165) is 11.2 Å². The van der Waals surface area contributed by atoms with Crippen LogP contribution in [0.25, 0.3) is 15.9 Å². The standard InChI is InChI=1S/C10H7N3S/c1-2-8(6-11-4-1)13-7-10-9(12-13)3-5-14-10/h1-7H. The number of thiophene rings is 1. The largest absolute Gasteiger partial charge is 0.262 e. The van der Waals surface area contributed by atoms with Gasteiger partial charge in [-0.1, -0.05) is 0 Å². The third kappa shape index (κ3) is 1.12. The first-order valence-electron chi connectivity index (χ1n) is 4.27. The normalized spacial score (nSPS) is 10.9. The van der Waals surface area contributed by atoms with Crippen LogP contribution in [0.15, 0.2) is 42.2 Å². The molecule has 0 aliphatic rings. The average Bonchev–Trinajstić information content (AvgIpc) is 2.78. The number of fused-ring (bicyclic) bond motifs is 1. The minimum Gasteiger partial charge on any atom is -0.262 e. The van der Waals surface area contributed by atoms with Gasteiger partial charge < -0.3 is 0 Å². The van der Waals surface area contributed by atoms with Crippen LogP contribution in [0, 0.1) is 0 Å². The maximum atomic E-state index is 4.43. The predicted octanol–water partition coefficient (Wildman–Crippen LogP) is 2.48. The molecule has 68 valence electrons. The van der Waals surface area contributed by atoms with E-state index >= 15 is 0 Å². The second kappa shape index (κ2) is 2.92. The zero-order valence-corrected chi connectivity index (χ0v) is 8.11. The molecule has 14 heavy (non-hydrogen) atoms. The monoisotopic (exact) mass is 201 g/mol. The molecular formula is C10H7N3S. The van der Waals surface area contributed by atoms with Crippen LogP contribution in [-0.4, -0.2) is 14.8 Å². The van der Waals surface area contributed by atoms with Crippen LogP contribution in [0.3, 0.4) is 0 Å². The molecule has 3 nitrogen and oxygen atoms in total. The molecule has 0 bridgehead atoms. The highest BCUT2D eigenvalue weighted by molar-refractivity contribution is 7.17. The van der Waals surface area contributed by atoms with E-state index in [1.807, 2.05) is 34.5 Å². The first-order chi connectivity index (χ1) is 6.93. The van der Waals surface area contributed by atoms with E-state index in [0.29, 0.717) is 0 Å². The maximum Gasteiger partial charge on any atom is 0.104 e. The van der Waals surface area contributed by atoms with Gasteiger partial charge >= 0.3 is 0 Å². The third-order valence-electron chi connectivity index (χ3n) is 2.04. The van der Waals surface area contributed by atoms with Gasteiger partial charge in [0.05, 0.1) is 16.6 Å². The van der Waals surface area contributed by atoms with Crippen molar-refractivity contribution >= 4 is 21.6 Å². The number of aromatic nitrogens is 3. The lowest BCUT2D eigenvalue weighted by atomic mass is 10.4. The average molecular weight is 201 g/mol. The van der Waals surface area contributed by atoms with E-state index in [9.17, 15) is 0 Å². The van der Waals surface area contributed by atoms with E-state index in [4.69, 9.17) is 0 Å². The summed E-state index contributed by atoms with van der Waals surface area (Å²) in [5, 5.41) is 6.48. The highest BCUT2D eigenvalue weighted by atomic mass is 32.1. The Balaban J connectivity index is 2.19. The van der Waals surface area contributed by atoms with Crippen LogP contribution in [-0.2, 0) is 0 Å². The third-order valence-corrected chi connectivity index (χ3v) is 2.88. The quantitative estimate of drug-likeness (QED) is 0.605. The molecule has 0 saturated heterocycles. The van der Waals surface area contributed by atoms with Gasteiger partial charge in [-0.25, -0.2) is 4.68 Å². The Morgan fingerprint density at radius 1 is 1.29 bits per heavy atom. The smallest absolute Gasteiger partial charge is 0.104 e.